The molecule has 2 aromatic rings. The Morgan fingerprint density at radius 2 is 2.19 bits per heavy atom. The van der Waals surface area contributed by atoms with E-state index in [9.17, 15) is 4.79 Å². The Hall–Kier alpha value is -1.63. The molecule has 2 aromatic heterocycles. The summed E-state index contributed by atoms with van der Waals surface area (Å²) in [6, 6.07) is 1.87. The Labute approximate surface area is 132 Å². The molecule has 2 atom stereocenters. The number of nitrogens with one attached hydrogen (secondary N) is 1. The highest BCUT2D eigenvalue weighted by Gasteiger charge is 2.18. The third-order valence-electron chi connectivity index (χ3n) is 3.36. The quantitative estimate of drug-likeness (QED) is 0.866. The lowest BCUT2D eigenvalue weighted by Crippen LogP contribution is -2.34. The highest BCUT2D eigenvalue weighted by molar-refractivity contribution is 9.10. The van der Waals surface area contributed by atoms with Crippen molar-refractivity contribution in [2.75, 3.05) is 0 Å². The van der Waals surface area contributed by atoms with Crippen LogP contribution in [0.25, 0.3) is 0 Å². The number of amides is 1. The topological polar surface area (TPSA) is 64.7 Å². The van der Waals surface area contributed by atoms with Gasteiger partial charge in [0.05, 0.1) is 34.9 Å². The standard InChI is InChI=1S/C14H20BrN5O/c1-4-20-13(5-6-16-20)11(3)18-14(21)10(2)8-19-9-12(15)7-17-19/h5-7,9-11H,4,8H2,1-3H3,(H,18,21). The van der Waals surface area contributed by atoms with Gasteiger partial charge in [0.25, 0.3) is 0 Å². The Balaban J connectivity index is 1.94. The number of hydrogen-bond donors (Lipinski definition) is 1. The van der Waals surface area contributed by atoms with Crippen molar-refractivity contribution in [3.8, 4) is 0 Å². The van der Waals surface area contributed by atoms with E-state index >= 15 is 0 Å². The van der Waals surface area contributed by atoms with Crippen molar-refractivity contribution >= 4 is 21.8 Å². The van der Waals surface area contributed by atoms with E-state index in [0.29, 0.717) is 6.54 Å². The first kappa shape index (κ1) is 15.8. The van der Waals surface area contributed by atoms with Crippen molar-refractivity contribution < 1.29 is 4.79 Å². The zero-order chi connectivity index (χ0) is 15.4. The predicted molar refractivity (Wildman–Crippen MR) is 83.5 cm³/mol. The summed E-state index contributed by atoms with van der Waals surface area (Å²) >= 11 is 3.35. The fourth-order valence-electron chi connectivity index (χ4n) is 2.21. The van der Waals surface area contributed by atoms with E-state index in [1.165, 1.54) is 0 Å². The summed E-state index contributed by atoms with van der Waals surface area (Å²) < 4.78 is 4.56. The molecular weight excluding hydrogens is 334 g/mol. The maximum absolute atomic E-state index is 12.3. The number of hydrogen-bond acceptors (Lipinski definition) is 3. The van der Waals surface area contributed by atoms with Crippen LogP contribution in [0, 0.1) is 5.92 Å². The number of carbonyl (C=O) groups is 1. The molecule has 0 aliphatic rings. The maximum Gasteiger partial charge on any atom is 0.225 e. The molecule has 114 valence electrons. The molecule has 1 amide bonds. The number of halogens is 1. The summed E-state index contributed by atoms with van der Waals surface area (Å²) in [5.74, 6) is -0.143. The molecule has 21 heavy (non-hydrogen) atoms. The second-order valence-electron chi connectivity index (χ2n) is 5.08. The minimum Gasteiger partial charge on any atom is -0.348 e. The molecule has 6 nitrogen and oxygen atoms in total. The molecule has 0 aliphatic carbocycles. The normalized spacial score (nSPS) is 13.9. The van der Waals surface area contributed by atoms with E-state index in [1.807, 2.05) is 37.7 Å². The summed E-state index contributed by atoms with van der Waals surface area (Å²) in [7, 11) is 0. The monoisotopic (exact) mass is 353 g/mol. The molecule has 0 bridgehead atoms. The van der Waals surface area contributed by atoms with Crippen molar-refractivity contribution in [2.45, 2.75) is 39.9 Å². The Morgan fingerprint density at radius 1 is 1.43 bits per heavy atom. The molecule has 0 saturated heterocycles. The van der Waals surface area contributed by atoms with Crippen LogP contribution in [-0.4, -0.2) is 25.5 Å². The van der Waals surface area contributed by atoms with Crippen LogP contribution in [0.2, 0.25) is 0 Å². The van der Waals surface area contributed by atoms with E-state index in [2.05, 4.69) is 31.4 Å². The zero-order valence-corrected chi connectivity index (χ0v) is 14.0. The molecule has 0 aromatic carbocycles. The number of aryl methyl sites for hydroxylation is 1. The second kappa shape index (κ2) is 6.89. The molecule has 0 aliphatic heterocycles. The van der Waals surface area contributed by atoms with Crippen LogP contribution < -0.4 is 5.32 Å². The first-order chi connectivity index (χ1) is 10.0. The van der Waals surface area contributed by atoms with Gasteiger partial charge >= 0.3 is 0 Å². The minimum atomic E-state index is -0.155. The SMILES string of the molecule is CCn1nccc1C(C)NC(=O)C(C)Cn1cc(Br)cn1. The van der Waals surface area contributed by atoms with Gasteiger partial charge in [0.1, 0.15) is 0 Å². The third kappa shape index (κ3) is 3.93. The number of rotatable bonds is 6. The van der Waals surface area contributed by atoms with Crippen LogP contribution in [0.3, 0.4) is 0 Å². The van der Waals surface area contributed by atoms with Crippen LogP contribution in [0.1, 0.15) is 32.5 Å². The van der Waals surface area contributed by atoms with Crippen LogP contribution in [0.4, 0.5) is 0 Å². The van der Waals surface area contributed by atoms with E-state index in [1.54, 1.807) is 17.1 Å². The predicted octanol–water partition coefficient (Wildman–Crippen LogP) is 2.38. The summed E-state index contributed by atoms with van der Waals surface area (Å²) in [6.07, 6.45) is 5.33. The number of carbonyl (C=O) groups excluding carboxylic acids is 1. The van der Waals surface area contributed by atoms with Gasteiger partial charge in [-0.2, -0.15) is 10.2 Å². The molecule has 0 saturated carbocycles. The van der Waals surface area contributed by atoms with Crippen molar-refractivity contribution in [3.05, 3.63) is 34.8 Å². The summed E-state index contributed by atoms with van der Waals surface area (Å²) in [5.41, 5.74) is 1.01. The van der Waals surface area contributed by atoms with Gasteiger partial charge in [-0.15, -0.1) is 0 Å². The number of aromatic nitrogens is 4. The molecule has 0 spiro atoms. The van der Waals surface area contributed by atoms with Gasteiger partial charge < -0.3 is 5.32 Å². The summed E-state index contributed by atoms with van der Waals surface area (Å²) in [4.78, 5) is 12.3. The fourth-order valence-corrected chi connectivity index (χ4v) is 2.53. The largest absolute Gasteiger partial charge is 0.348 e. The summed E-state index contributed by atoms with van der Waals surface area (Å²) in [6.45, 7) is 7.24. The molecule has 2 heterocycles. The smallest absolute Gasteiger partial charge is 0.225 e. The lowest BCUT2D eigenvalue weighted by atomic mass is 10.1. The lowest BCUT2D eigenvalue weighted by Gasteiger charge is -2.18. The first-order valence-electron chi connectivity index (χ1n) is 7.01. The summed E-state index contributed by atoms with van der Waals surface area (Å²) in [5, 5.41) is 11.4. The number of nitrogens with zero attached hydrogens (tertiary/aromatic N) is 4. The van der Waals surface area contributed by atoms with Crippen LogP contribution in [0.5, 0.6) is 0 Å². The first-order valence-corrected chi connectivity index (χ1v) is 7.80. The maximum atomic E-state index is 12.3. The molecule has 0 fully saturated rings. The Morgan fingerprint density at radius 3 is 2.81 bits per heavy atom. The van der Waals surface area contributed by atoms with E-state index in [-0.39, 0.29) is 17.9 Å². The van der Waals surface area contributed by atoms with Gasteiger partial charge in [-0.05, 0) is 35.8 Å². The molecule has 7 heteroatoms. The van der Waals surface area contributed by atoms with Gasteiger partial charge in [-0.25, -0.2) is 0 Å². The van der Waals surface area contributed by atoms with Crippen molar-refractivity contribution in [1.29, 1.82) is 0 Å². The van der Waals surface area contributed by atoms with Gasteiger partial charge in [-0.3, -0.25) is 14.2 Å². The molecule has 2 unspecified atom stereocenters. The molecule has 0 radical (unpaired) electrons. The highest BCUT2D eigenvalue weighted by Crippen LogP contribution is 2.13. The fraction of sp³-hybridized carbons (Fsp3) is 0.500. The lowest BCUT2D eigenvalue weighted by molar-refractivity contribution is -0.125. The van der Waals surface area contributed by atoms with Crippen molar-refractivity contribution in [3.63, 3.8) is 0 Å². The highest BCUT2D eigenvalue weighted by atomic mass is 79.9. The average Bonchev–Trinajstić information content (AvgIpc) is 3.07. The third-order valence-corrected chi connectivity index (χ3v) is 3.77. The minimum absolute atomic E-state index is 0.0120. The molecular formula is C14H20BrN5O. The van der Waals surface area contributed by atoms with Crippen LogP contribution in [-0.2, 0) is 17.9 Å². The average molecular weight is 354 g/mol. The van der Waals surface area contributed by atoms with Gasteiger partial charge in [0, 0.05) is 18.9 Å². The van der Waals surface area contributed by atoms with Crippen LogP contribution in [0.15, 0.2) is 29.1 Å². The molecule has 1 N–H and O–H groups in total. The zero-order valence-electron chi connectivity index (χ0n) is 12.5. The Kier molecular flexibility index (Phi) is 5.17. The Bertz CT molecular complexity index is 606. The molecule has 2 rings (SSSR count). The van der Waals surface area contributed by atoms with Gasteiger partial charge in [0.2, 0.25) is 5.91 Å². The van der Waals surface area contributed by atoms with Crippen LogP contribution >= 0.6 is 15.9 Å². The van der Waals surface area contributed by atoms with Crippen molar-refractivity contribution in [1.82, 2.24) is 24.9 Å². The van der Waals surface area contributed by atoms with Gasteiger partial charge in [-0.1, -0.05) is 6.92 Å². The van der Waals surface area contributed by atoms with Crippen molar-refractivity contribution in [2.24, 2.45) is 5.92 Å². The van der Waals surface area contributed by atoms with E-state index in [4.69, 9.17) is 0 Å². The second-order valence-corrected chi connectivity index (χ2v) is 6.00. The van der Waals surface area contributed by atoms with E-state index in [0.717, 1.165) is 16.7 Å². The van der Waals surface area contributed by atoms with Gasteiger partial charge in [0.15, 0.2) is 0 Å². The van der Waals surface area contributed by atoms with E-state index < -0.39 is 0 Å².